The molecule has 0 aromatic heterocycles. The molecule has 2 atom stereocenters. The van der Waals surface area contributed by atoms with E-state index in [4.69, 9.17) is 4.74 Å². The fraction of sp³-hybridized carbons (Fsp3) is 0.391. The van der Waals surface area contributed by atoms with Crippen molar-refractivity contribution in [1.29, 1.82) is 0 Å². The summed E-state index contributed by atoms with van der Waals surface area (Å²) in [5.41, 5.74) is 2.67. The maximum Gasteiger partial charge on any atom is 1.00 e. The molecule has 6 heteroatoms. The van der Waals surface area contributed by atoms with Crippen LogP contribution in [0.5, 0.6) is 0 Å². The molecule has 0 bridgehead atoms. The molecule has 0 aliphatic rings. The van der Waals surface area contributed by atoms with Crippen molar-refractivity contribution in [2.75, 3.05) is 0 Å². The van der Waals surface area contributed by atoms with Crippen molar-refractivity contribution in [3.05, 3.63) is 60.2 Å². The SMILES string of the molecule is C[C@H](C[C@@H](Cc1ccc(-c2ccccc2)cc1)NC(=O)OC(C)(C)C)C(=O)O.[H-].[K+]. The Morgan fingerprint density at radius 2 is 1.59 bits per heavy atom. The molecular formula is C23H30KNO4. The van der Waals surface area contributed by atoms with Crippen LogP contribution >= 0.6 is 0 Å². The molecule has 29 heavy (non-hydrogen) atoms. The van der Waals surface area contributed by atoms with Gasteiger partial charge in [-0.3, -0.25) is 4.79 Å². The molecular weight excluding hydrogens is 393 g/mol. The summed E-state index contributed by atoms with van der Waals surface area (Å²) in [6.45, 7) is 7.03. The smallest absolute Gasteiger partial charge is 1.00 e. The van der Waals surface area contributed by atoms with Gasteiger partial charge in [-0.05, 0) is 50.3 Å². The van der Waals surface area contributed by atoms with Crippen LogP contribution in [0, 0.1) is 5.92 Å². The van der Waals surface area contributed by atoms with Crippen LogP contribution in [-0.4, -0.2) is 28.8 Å². The predicted molar refractivity (Wildman–Crippen MR) is 111 cm³/mol. The molecule has 0 saturated heterocycles. The average molecular weight is 424 g/mol. The Bertz CT molecular complexity index is 791. The van der Waals surface area contributed by atoms with Crippen LogP contribution in [0.3, 0.4) is 0 Å². The van der Waals surface area contributed by atoms with Gasteiger partial charge >= 0.3 is 63.4 Å². The van der Waals surface area contributed by atoms with E-state index in [0.717, 1.165) is 16.7 Å². The van der Waals surface area contributed by atoms with Crippen molar-refractivity contribution in [3.8, 4) is 11.1 Å². The van der Waals surface area contributed by atoms with E-state index >= 15 is 0 Å². The summed E-state index contributed by atoms with van der Waals surface area (Å²) < 4.78 is 5.33. The average Bonchev–Trinajstić information content (AvgIpc) is 2.61. The Labute approximate surface area is 217 Å². The van der Waals surface area contributed by atoms with Gasteiger partial charge in [0.1, 0.15) is 5.60 Å². The molecule has 2 aromatic carbocycles. The number of ether oxygens (including phenoxy) is 1. The molecule has 2 N–H and O–H groups in total. The molecule has 152 valence electrons. The van der Waals surface area contributed by atoms with Crippen molar-refractivity contribution < 1.29 is 72.2 Å². The summed E-state index contributed by atoms with van der Waals surface area (Å²) >= 11 is 0. The monoisotopic (exact) mass is 423 g/mol. The molecule has 0 aliphatic carbocycles. The van der Waals surface area contributed by atoms with Gasteiger partial charge in [-0.15, -0.1) is 0 Å². The Kier molecular flexibility index (Phi) is 10.6. The van der Waals surface area contributed by atoms with E-state index in [9.17, 15) is 14.7 Å². The van der Waals surface area contributed by atoms with E-state index in [0.29, 0.717) is 12.8 Å². The van der Waals surface area contributed by atoms with Gasteiger partial charge in [0.2, 0.25) is 0 Å². The molecule has 0 unspecified atom stereocenters. The van der Waals surface area contributed by atoms with E-state index in [2.05, 4.69) is 17.4 Å². The Morgan fingerprint density at radius 1 is 1.03 bits per heavy atom. The standard InChI is InChI=1S/C23H29NO4.K.H/c1-16(21(25)26)14-20(24-22(27)28-23(2,3)4)15-17-10-12-19(13-11-17)18-8-6-5-7-9-18;;/h5-13,16,20H,14-15H2,1-4H3,(H,24,27)(H,25,26);;/q;+1;-1/t16-,20+;;/m1../s1. The fourth-order valence-corrected chi connectivity index (χ4v) is 2.94. The molecule has 0 saturated carbocycles. The number of hydrogen-bond donors (Lipinski definition) is 2. The number of carbonyl (C=O) groups excluding carboxylic acids is 1. The zero-order valence-corrected chi connectivity index (χ0v) is 21.1. The summed E-state index contributed by atoms with van der Waals surface area (Å²) in [7, 11) is 0. The molecule has 0 spiro atoms. The molecule has 2 aromatic rings. The van der Waals surface area contributed by atoms with Gasteiger partial charge < -0.3 is 16.6 Å². The van der Waals surface area contributed by atoms with Gasteiger partial charge in [0.25, 0.3) is 0 Å². The molecule has 0 heterocycles. The van der Waals surface area contributed by atoms with Crippen molar-refractivity contribution in [2.45, 2.75) is 52.2 Å². The van der Waals surface area contributed by atoms with Crippen LogP contribution in [-0.2, 0) is 16.0 Å². The molecule has 2 rings (SSSR count). The van der Waals surface area contributed by atoms with Gasteiger partial charge in [0.05, 0.1) is 5.92 Å². The van der Waals surface area contributed by atoms with Gasteiger partial charge in [0.15, 0.2) is 0 Å². The van der Waals surface area contributed by atoms with Gasteiger partial charge in [0, 0.05) is 6.04 Å². The topological polar surface area (TPSA) is 75.6 Å². The molecule has 0 aliphatic heterocycles. The van der Waals surface area contributed by atoms with Crippen LogP contribution in [0.15, 0.2) is 54.6 Å². The summed E-state index contributed by atoms with van der Waals surface area (Å²) in [5.74, 6) is -1.45. The van der Waals surface area contributed by atoms with Crippen LogP contribution in [0.25, 0.3) is 11.1 Å². The number of carbonyl (C=O) groups is 2. The first kappa shape index (κ1) is 25.9. The normalized spacial score (nSPS) is 13.0. The quantitative estimate of drug-likeness (QED) is 0.668. The van der Waals surface area contributed by atoms with E-state index in [1.165, 1.54) is 0 Å². The van der Waals surface area contributed by atoms with Crippen molar-refractivity contribution in [3.63, 3.8) is 0 Å². The molecule has 0 radical (unpaired) electrons. The van der Waals surface area contributed by atoms with E-state index < -0.39 is 23.6 Å². The summed E-state index contributed by atoms with van der Waals surface area (Å²) in [6.07, 6.45) is 0.331. The van der Waals surface area contributed by atoms with Crippen LogP contribution in [0.2, 0.25) is 0 Å². The fourth-order valence-electron chi connectivity index (χ4n) is 2.94. The Hall–Kier alpha value is -1.18. The minimum atomic E-state index is -0.879. The zero-order chi connectivity index (χ0) is 20.7. The number of alkyl carbamates (subject to hydrolysis) is 1. The second-order valence-electron chi connectivity index (χ2n) is 8.09. The third-order valence-corrected chi connectivity index (χ3v) is 4.32. The van der Waals surface area contributed by atoms with Gasteiger partial charge in [-0.2, -0.15) is 0 Å². The number of nitrogens with one attached hydrogen (secondary N) is 1. The van der Waals surface area contributed by atoms with Gasteiger partial charge in [-0.1, -0.05) is 61.5 Å². The maximum absolute atomic E-state index is 12.2. The summed E-state index contributed by atoms with van der Waals surface area (Å²) in [4.78, 5) is 23.4. The molecule has 0 fully saturated rings. The van der Waals surface area contributed by atoms with Crippen molar-refractivity contribution >= 4 is 12.1 Å². The van der Waals surface area contributed by atoms with Crippen LogP contribution < -0.4 is 56.7 Å². The Morgan fingerprint density at radius 3 is 2.10 bits per heavy atom. The van der Waals surface area contributed by atoms with E-state index in [1.54, 1.807) is 27.7 Å². The zero-order valence-electron chi connectivity index (χ0n) is 18.9. The first-order valence-electron chi connectivity index (χ1n) is 9.51. The number of amides is 1. The number of benzene rings is 2. The maximum atomic E-state index is 12.2. The van der Waals surface area contributed by atoms with Crippen LogP contribution in [0.4, 0.5) is 4.79 Å². The number of aliphatic carboxylic acids is 1. The largest absolute Gasteiger partial charge is 1.00 e. The number of rotatable bonds is 7. The molecule has 5 nitrogen and oxygen atoms in total. The first-order chi connectivity index (χ1) is 13.1. The van der Waals surface area contributed by atoms with Gasteiger partial charge in [-0.25, -0.2) is 4.79 Å². The summed E-state index contributed by atoms with van der Waals surface area (Å²) in [5, 5.41) is 12.1. The van der Waals surface area contributed by atoms with Crippen LogP contribution in [0.1, 0.15) is 41.1 Å². The third-order valence-electron chi connectivity index (χ3n) is 4.32. The number of carboxylic acids is 1. The second-order valence-corrected chi connectivity index (χ2v) is 8.09. The predicted octanol–water partition coefficient (Wildman–Crippen LogP) is 2.02. The van der Waals surface area contributed by atoms with Crippen molar-refractivity contribution in [2.24, 2.45) is 5.92 Å². The van der Waals surface area contributed by atoms with E-state index in [-0.39, 0.29) is 58.9 Å². The number of carboxylic acid groups (broad SMARTS) is 1. The second kappa shape index (κ2) is 11.9. The number of hydrogen-bond acceptors (Lipinski definition) is 3. The van der Waals surface area contributed by atoms with Crippen molar-refractivity contribution in [1.82, 2.24) is 5.32 Å². The molecule has 1 amide bonds. The minimum absolute atomic E-state index is 0. The third kappa shape index (κ3) is 9.44. The first-order valence-corrected chi connectivity index (χ1v) is 9.51. The Balaban J connectivity index is 0.00000420. The minimum Gasteiger partial charge on any atom is -1.00 e. The van der Waals surface area contributed by atoms with E-state index in [1.807, 2.05) is 42.5 Å². The summed E-state index contributed by atoms with van der Waals surface area (Å²) in [6, 6.07) is 17.8.